The number of aromatic nitrogens is 2. The lowest BCUT2D eigenvalue weighted by Crippen LogP contribution is -2.41. The van der Waals surface area contributed by atoms with E-state index in [2.05, 4.69) is 15.3 Å². The molecule has 0 saturated carbocycles. The Hall–Kier alpha value is -2.50. The van der Waals surface area contributed by atoms with Crippen LogP contribution < -0.4 is 11.1 Å². The lowest BCUT2D eigenvalue weighted by Gasteiger charge is -2.20. The topological polar surface area (TPSA) is 80.9 Å². The lowest BCUT2D eigenvalue weighted by atomic mass is 10.1. The van der Waals surface area contributed by atoms with Gasteiger partial charge in [0.2, 0.25) is 0 Å². The molecule has 1 aromatic carbocycles. The van der Waals surface area contributed by atoms with Crippen LogP contribution in [0.15, 0.2) is 30.5 Å². The van der Waals surface area contributed by atoms with Crippen LogP contribution in [0.25, 0.3) is 11.4 Å². The molecule has 2 aromatic rings. The third-order valence-corrected chi connectivity index (χ3v) is 2.67. The molecule has 3 N–H and O–H groups in total. The summed E-state index contributed by atoms with van der Waals surface area (Å²) < 4.78 is 13.7. The van der Waals surface area contributed by atoms with Gasteiger partial charge < -0.3 is 11.1 Å². The number of nitrogen functional groups attached to an aromatic ring is 1. The van der Waals surface area contributed by atoms with E-state index in [0.717, 1.165) is 0 Å². The summed E-state index contributed by atoms with van der Waals surface area (Å²) in [4.78, 5) is 20.1. The monoisotopic (exact) mass is 288 g/mol. The summed E-state index contributed by atoms with van der Waals surface area (Å²) in [7, 11) is 0. The standard InChI is InChI=1S/C15H17FN4O/c1-15(2,3)20-14(21)10-8-18-13(19-12(10)17)9-6-4-5-7-11(9)16/h4-8H,1-3H3,(H,20,21)(H2,17,18,19). The average molecular weight is 288 g/mol. The van der Waals surface area contributed by atoms with Crippen LogP contribution >= 0.6 is 0 Å². The normalized spacial score (nSPS) is 11.2. The number of rotatable bonds is 2. The van der Waals surface area contributed by atoms with Crippen LogP contribution in [0, 0.1) is 5.82 Å². The number of nitrogens with two attached hydrogens (primary N) is 1. The minimum absolute atomic E-state index is 0.0185. The highest BCUT2D eigenvalue weighted by atomic mass is 19.1. The third-order valence-electron chi connectivity index (χ3n) is 2.67. The highest BCUT2D eigenvalue weighted by Gasteiger charge is 2.19. The summed E-state index contributed by atoms with van der Waals surface area (Å²) in [6.45, 7) is 5.57. The molecule has 0 bridgehead atoms. The Morgan fingerprint density at radius 2 is 1.95 bits per heavy atom. The van der Waals surface area contributed by atoms with Crippen LogP contribution in [0.5, 0.6) is 0 Å². The van der Waals surface area contributed by atoms with E-state index in [1.807, 2.05) is 20.8 Å². The Morgan fingerprint density at radius 1 is 1.29 bits per heavy atom. The first-order valence-electron chi connectivity index (χ1n) is 6.48. The molecule has 0 fully saturated rings. The van der Waals surface area contributed by atoms with Crippen molar-refractivity contribution >= 4 is 11.7 Å². The molecule has 1 aromatic heterocycles. The zero-order valence-electron chi connectivity index (χ0n) is 12.1. The second-order valence-electron chi connectivity index (χ2n) is 5.68. The third kappa shape index (κ3) is 3.53. The van der Waals surface area contributed by atoms with Crippen LogP contribution in [-0.4, -0.2) is 21.4 Å². The van der Waals surface area contributed by atoms with Crippen molar-refractivity contribution < 1.29 is 9.18 Å². The zero-order chi connectivity index (χ0) is 15.6. The van der Waals surface area contributed by atoms with Gasteiger partial charge in [0.15, 0.2) is 5.82 Å². The predicted molar refractivity (Wildman–Crippen MR) is 79.1 cm³/mol. The van der Waals surface area contributed by atoms with Gasteiger partial charge in [0.1, 0.15) is 11.6 Å². The van der Waals surface area contributed by atoms with Crippen LogP contribution in [0.2, 0.25) is 0 Å². The summed E-state index contributed by atoms with van der Waals surface area (Å²) >= 11 is 0. The molecule has 0 aliphatic carbocycles. The molecule has 2 rings (SSSR count). The number of carbonyl (C=O) groups excluding carboxylic acids is 1. The number of amides is 1. The van der Waals surface area contributed by atoms with Gasteiger partial charge in [-0.15, -0.1) is 0 Å². The van der Waals surface area contributed by atoms with E-state index >= 15 is 0 Å². The smallest absolute Gasteiger partial charge is 0.257 e. The van der Waals surface area contributed by atoms with Crippen molar-refractivity contribution in [1.29, 1.82) is 0 Å². The molecule has 1 heterocycles. The molecule has 1 amide bonds. The SMILES string of the molecule is CC(C)(C)NC(=O)c1cnc(-c2ccccc2F)nc1N. The Balaban J connectivity index is 2.34. The van der Waals surface area contributed by atoms with E-state index < -0.39 is 11.4 Å². The van der Waals surface area contributed by atoms with Crippen molar-refractivity contribution in [3.8, 4) is 11.4 Å². The molecule has 0 saturated heterocycles. The maximum Gasteiger partial charge on any atom is 0.257 e. The molecular formula is C15H17FN4O. The number of hydrogen-bond donors (Lipinski definition) is 2. The van der Waals surface area contributed by atoms with Gasteiger partial charge in [0.25, 0.3) is 5.91 Å². The van der Waals surface area contributed by atoms with Gasteiger partial charge in [-0.2, -0.15) is 0 Å². The van der Waals surface area contributed by atoms with Gasteiger partial charge in [-0.1, -0.05) is 12.1 Å². The molecule has 21 heavy (non-hydrogen) atoms. The summed E-state index contributed by atoms with van der Waals surface area (Å²) in [5, 5.41) is 2.77. The molecule has 0 radical (unpaired) electrons. The predicted octanol–water partition coefficient (Wildman–Crippen LogP) is 2.39. The second kappa shape index (κ2) is 5.47. The number of carbonyl (C=O) groups is 1. The van der Waals surface area contributed by atoms with Gasteiger partial charge in [-0.05, 0) is 32.9 Å². The van der Waals surface area contributed by atoms with Crippen molar-refractivity contribution in [2.75, 3.05) is 5.73 Å². The molecule has 110 valence electrons. The van der Waals surface area contributed by atoms with Crippen molar-refractivity contribution in [2.45, 2.75) is 26.3 Å². The first kappa shape index (κ1) is 14.9. The fourth-order valence-electron chi connectivity index (χ4n) is 1.75. The van der Waals surface area contributed by atoms with E-state index in [4.69, 9.17) is 5.73 Å². The number of halogens is 1. The molecule has 0 atom stereocenters. The average Bonchev–Trinajstić information content (AvgIpc) is 2.37. The highest BCUT2D eigenvalue weighted by molar-refractivity contribution is 5.98. The molecule has 0 unspecified atom stereocenters. The van der Waals surface area contributed by atoms with Gasteiger partial charge in [0.05, 0.1) is 11.1 Å². The highest BCUT2D eigenvalue weighted by Crippen LogP contribution is 2.20. The van der Waals surface area contributed by atoms with E-state index in [-0.39, 0.29) is 28.7 Å². The Kier molecular flexibility index (Phi) is 3.88. The summed E-state index contributed by atoms with van der Waals surface area (Å²) in [5.74, 6) is -0.633. The zero-order valence-corrected chi connectivity index (χ0v) is 12.1. The number of benzene rings is 1. The molecule has 0 aliphatic rings. The van der Waals surface area contributed by atoms with Crippen molar-refractivity contribution in [3.63, 3.8) is 0 Å². The quantitative estimate of drug-likeness (QED) is 0.889. The Labute approximate surface area is 122 Å². The lowest BCUT2D eigenvalue weighted by molar-refractivity contribution is 0.0920. The van der Waals surface area contributed by atoms with E-state index in [1.165, 1.54) is 12.3 Å². The van der Waals surface area contributed by atoms with E-state index in [0.29, 0.717) is 0 Å². The van der Waals surface area contributed by atoms with Crippen molar-refractivity contribution in [3.05, 3.63) is 41.8 Å². The van der Waals surface area contributed by atoms with Crippen LogP contribution in [0.4, 0.5) is 10.2 Å². The van der Waals surface area contributed by atoms with Crippen LogP contribution in [-0.2, 0) is 0 Å². The first-order chi connectivity index (χ1) is 9.78. The molecule has 5 nitrogen and oxygen atoms in total. The van der Waals surface area contributed by atoms with Crippen molar-refractivity contribution in [1.82, 2.24) is 15.3 Å². The van der Waals surface area contributed by atoms with Gasteiger partial charge in [-0.25, -0.2) is 14.4 Å². The maximum atomic E-state index is 13.7. The Morgan fingerprint density at radius 3 is 2.52 bits per heavy atom. The van der Waals surface area contributed by atoms with E-state index in [9.17, 15) is 9.18 Å². The molecular weight excluding hydrogens is 271 g/mol. The van der Waals surface area contributed by atoms with Gasteiger partial charge in [0, 0.05) is 11.7 Å². The largest absolute Gasteiger partial charge is 0.383 e. The molecule has 0 aliphatic heterocycles. The summed E-state index contributed by atoms with van der Waals surface area (Å²) in [5.41, 5.74) is 5.81. The number of anilines is 1. The fraction of sp³-hybridized carbons (Fsp3) is 0.267. The molecule has 6 heteroatoms. The van der Waals surface area contributed by atoms with Crippen LogP contribution in [0.1, 0.15) is 31.1 Å². The fourth-order valence-corrected chi connectivity index (χ4v) is 1.75. The number of hydrogen-bond acceptors (Lipinski definition) is 4. The minimum Gasteiger partial charge on any atom is -0.383 e. The number of nitrogens with one attached hydrogen (secondary N) is 1. The number of nitrogens with zero attached hydrogens (tertiary/aromatic N) is 2. The summed E-state index contributed by atoms with van der Waals surface area (Å²) in [6.07, 6.45) is 1.31. The Bertz CT molecular complexity index is 680. The summed E-state index contributed by atoms with van der Waals surface area (Å²) in [6, 6.07) is 6.12. The van der Waals surface area contributed by atoms with Gasteiger partial charge in [-0.3, -0.25) is 4.79 Å². The van der Waals surface area contributed by atoms with Crippen molar-refractivity contribution in [2.24, 2.45) is 0 Å². The first-order valence-corrected chi connectivity index (χ1v) is 6.48. The molecule has 0 spiro atoms. The van der Waals surface area contributed by atoms with Crippen LogP contribution in [0.3, 0.4) is 0 Å². The van der Waals surface area contributed by atoms with Gasteiger partial charge >= 0.3 is 0 Å². The second-order valence-corrected chi connectivity index (χ2v) is 5.68. The maximum absolute atomic E-state index is 13.7. The van der Waals surface area contributed by atoms with E-state index in [1.54, 1.807) is 18.2 Å². The minimum atomic E-state index is -0.441.